The molecule has 2 aromatic carbocycles. The number of benzene rings is 2. The number of ether oxygens (including phenoxy) is 2. The second-order valence-corrected chi connectivity index (χ2v) is 8.72. The average molecular weight is 631 g/mol. The SMILES string of the molecule is C/C(O)=C/C(=[OH+])c1ccc(C)cc1.C=CC(=O)OCCCCCCCOc1ccc(C(=[OH+])/C=C(/C)O)cc1.[Pd]. The van der Waals surface area contributed by atoms with E-state index in [0.717, 1.165) is 43.4 Å². The molecular weight excluding hydrogens is 591 g/mol. The Balaban J connectivity index is 0.000000869. The summed E-state index contributed by atoms with van der Waals surface area (Å²) in [5.74, 6) is 0.630. The van der Waals surface area contributed by atoms with Crippen LogP contribution in [0.25, 0.3) is 0 Å². The number of esters is 1. The molecule has 0 radical (unpaired) electrons. The van der Waals surface area contributed by atoms with Gasteiger partial charge in [-0.25, -0.2) is 4.79 Å². The van der Waals surface area contributed by atoms with E-state index in [1.807, 2.05) is 31.2 Å². The fourth-order valence-electron chi connectivity index (χ4n) is 3.16. The second-order valence-electron chi connectivity index (χ2n) is 8.72. The Hall–Kier alpha value is -3.47. The number of ketones is 2. The van der Waals surface area contributed by atoms with Crippen molar-refractivity contribution in [3.63, 3.8) is 0 Å². The number of rotatable bonds is 14. The van der Waals surface area contributed by atoms with Gasteiger partial charge in [0, 0.05) is 26.5 Å². The smallest absolute Gasteiger partial charge is 0.350 e. The zero-order valence-electron chi connectivity index (χ0n) is 22.8. The molecule has 0 aromatic heterocycles. The minimum absolute atomic E-state index is 0. The molecule has 0 unspecified atom stereocenters. The normalized spacial score (nSPS) is 10.8. The molecule has 0 aliphatic carbocycles. The van der Waals surface area contributed by atoms with Gasteiger partial charge in [-0.05, 0) is 70.0 Å². The Morgan fingerprint density at radius 2 is 1.23 bits per heavy atom. The molecular formula is C31H40O7Pd+2. The molecule has 0 bridgehead atoms. The molecule has 0 amide bonds. The first-order valence-corrected chi connectivity index (χ1v) is 12.6. The fraction of sp³-hybridized carbons (Fsp3) is 0.323. The first kappa shape index (κ1) is 35.5. The molecule has 0 spiro atoms. The molecule has 0 heterocycles. The third kappa shape index (κ3) is 16.9. The molecule has 214 valence electrons. The number of hydrogen-bond donors (Lipinski definition) is 2. The number of hydrogen-bond acceptors (Lipinski definition) is 5. The van der Waals surface area contributed by atoms with E-state index >= 15 is 0 Å². The first-order valence-electron chi connectivity index (χ1n) is 12.6. The van der Waals surface area contributed by atoms with Crippen LogP contribution in [-0.4, -0.2) is 50.6 Å². The Labute approximate surface area is 244 Å². The van der Waals surface area contributed by atoms with Crippen LogP contribution in [0.4, 0.5) is 0 Å². The van der Waals surface area contributed by atoms with E-state index in [1.165, 1.54) is 32.1 Å². The van der Waals surface area contributed by atoms with E-state index < -0.39 is 0 Å². The minimum atomic E-state index is -0.368. The van der Waals surface area contributed by atoms with Gasteiger partial charge in [0.2, 0.25) is 0 Å². The molecule has 2 rings (SSSR count). The van der Waals surface area contributed by atoms with Crippen molar-refractivity contribution in [2.24, 2.45) is 0 Å². The van der Waals surface area contributed by atoms with E-state index in [4.69, 9.17) is 19.7 Å². The van der Waals surface area contributed by atoms with E-state index in [2.05, 4.69) is 6.58 Å². The molecule has 2 aromatic rings. The molecule has 8 heteroatoms. The maximum atomic E-state index is 10.8. The summed E-state index contributed by atoms with van der Waals surface area (Å²) in [6.45, 7) is 9.43. The number of aryl methyl sites for hydroxylation is 1. The van der Waals surface area contributed by atoms with Crippen LogP contribution >= 0.6 is 0 Å². The van der Waals surface area contributed by atoms with E-state index in [9.17, 15) is 14.4 Å². The number of unbranched alkanes of at least 4 members (excludes halogenated alkanes) is 4. The van der Waals surface area contributed by atoms with E-state index in [1.54, 1.807) is 24.3 Å². The summed E-state index contributed by atoms with van der Waals surface area (Å²) in [6, 6.07) is 14.5. The predicted molar refractivity (Wildman–Crippen MR) is 152 cm³/mol. The summed E-state index contributed by atoms with van der Waals surface area (Å²) in [5.41, 5.74) is 2.47. The van der Waals surface area contributed by atoms with Crippen molar-refractivity contribution in [2.75, 3.05) is 13.2 Å². The number of allylic oxidation sites excluding steroid dienone is 4. The van der Waals surface area contributed by atoms with Crippen LogP contribution in [0.15, 0.2) is 84.9 Å². The third-order valence-corrected chi connectivity index (χ3v) is 5.16. The zero-order valence-corrected chi connectivity index (χ0v) is 24.4. The molecule has 0 saturated heterocycles. The van der Waals surface area contributed by atoms with Crippen LogP contribution in [0, 0.1) is 6.92 Å². The summed E-state index contributed by atoms with van der Waals surface area (Å²) in [4.78, 5) is 30.1. The maximum Gasteiger partial charge on any atom is 0.350 e. The largest absolute Gasteiger partial charge is 0.512 e. The maximum absolute atomic E-state index is 10.8. The van der Waals surface area contributed by atoms with Crippen molar-refractivity contribution in [3.8, 4) is 5.75 Å². The second kappa shape index (κ2) is 20.5. The van der Waals surface area contributed by atoms with Crippen molar-refractivity contribution in [2.45, 2.75) is 52.9 Å². The number of aliphatic hydroxyl groups is 2. The first-order chi connectivity index (χ1) is 18.1. The molecule has 39 heavy (non-hydrogen) atoms. The number of carbonyl (C=O) groups is 1. The molecule has 0 aliphatic rings. The van der Waals surface area contributed by atoms with Crippen molar-refractivity contribution in [3.05, 3.63) is 102 Å². The van der Waals surface area contributed by atoms with Gasteiger partial charge in [-0.3, -0.25) is 9.59 Å². The van der Waals surface area contributed by atoms with Crippen molar-refractivity contribution < 1.29 is 54.5 Å². The average Bonchev–Trinajstić information content (AvgIpc) is 2.87. The van der Waals surface area contributed by atoms with Crippen LogP contribution < -0.4 is 4.74 Å². The van der Waals surface area contributed by atoms with E-state index in [0.29, 0.717) is 24.3 Å². The quantitative estimate of drug-likeness (QED) is 0.0473. The Morgan fingerprint density at radius 3 is 1.69 bits per heavy atom. The van der Waals surface area contributed by atoms with Gasteiger partial charge < -0.3 is 19.7 Å². The molecule has 0 fully saturated rings. The molecule has 0 aliphatic heterocycles. The van der Waals surface area contributed by atoms with Gasteiger partial charge in [-0.1, -0.05) is 43.5 Å². The topological polar surface area (TPSA) is 119 Å². The zero-order chi connectivity index (χ0) is 28.3. The monoisotopic (exact) mass is 630 g/mol. The Bertz CT molecular complexity index is 1090. The summed E-state index contributed by atoms with van der Waals surface area (Å²) in [7, 11) is 0. The van der Waals surface area contributed by atoms with Gasteiger partial charge in [0.05, 0.1) is 48.0 Å². The Morgan fingerprint density at radius 1 is 0.795 bits per heavy atom. The number of aliphatic hydroxyl groups excluding tert-OH is 2. The summed E-state index contributed by atoms with van der Waals surface area (Å²) in [5, 5.41) is 18.1. The van der Waals surface area contributed by atoms with Gasteiger partial charge in [0.15, 0.2) is 0 Å². The van der Waals surface area contributed by atoms with Crippen LogP contribution in [0.2, 0.25) is 0 Å². The van der Waals surface area contributed by atoms with Crippen LogP contribution in [0.5, 0.6) is 5.75 Å². The van der Waals surface area contributed by atoms with Crippen molar-refractivity contribution in [1.82, 2.24) is 0 Å². The fourth-order valence-corrected chi connectivity index (χ4v) is 3.16. The van der Waals surface area contributed by atoms with Crippen LogP contribution in [0.3, 0.4) is 0 Å². The standard InChI is InChI=1S/C20H26O5.C11H12O2.Pd/c1-3-20(23)25-14-8-6-4-5-7-13-24-18-11-9-17(10-12-18)19(22)15-16(2)21;1-8-3-5-10(6-4-8)11(13)7-9(2)12;/h3,9-12,15,21H,1,4-8,13-14H2,2H3;3-7,12H,1-2H3;/p+2/b16-15-;9-7-;. The van der Waals surface area contributed by atoms with Crippen molar-refractivity contribution in [1.29, 1.82) is 0 Å². The molecule has 0 atom stereocenters. The Kier molecular flexibility index (Phi) is 18.7. The van der Waals surface area contributed by atoms with Gasteiger partial charge in [-0.2, -0.15) is 0 Å². The predicted octanol–water partition coefficient (Wildman–Crippen LogP) is 6.45. The molecule has 4 N–H and O–H groups in total. The van der Waals surface area contributed by atoms with Crippen LogP contribution in [0.1, 0.15) is 62.6 Å². The molecule has 0 saturated carbocycles. The minimum Gasteiger partial charge on any atom is -0.512 e. The van der Waals surface area contributed by atoms with Gasteiger partial charge in [0.1, 0.15) is 5.75 Å². The number of carbonyl (C=O) groups excluding carboxylic acids is 3. The third-order valence-electron chi connectivity index (χ3n) is 5.16. The summed E-state index contributed by atoms with van der Waals surface area (Å²) >= 11 is 0. The van der Waals surface area contributed by atoms with E-state index in [-0.39, 0.29) is 49.5 Å². The van der Waals surface area contributed by atoms with Crippen LogP contribution in [-0.2, 0) is 30.0 Å². The summed E-state index contributed by atoms with van der Waals surface area (Å²) in [6.07, 6.45) is 8.77. The van der Waals surface area contributed by atoms with Gasteiger partial charge in [0.25, 0.3) is 0 Å². The van der Waals surface area contributed by atoms with Crippen molar-refractivity contribution >= 4 is 17.5 Å². The van der Waals surface area contributed by atoms with Gasteiger partial charge in [-0.15, -0.1) is 0 Å². The summed E-state index contributed by atoms with van der Waals surface area (Å²) < 4.78 is 10.6. The van der Waals surface area contributed by atoms with Gasteiger partial charge >= 0.3 is 17.5 Å². The molecule has 7 nitrogen and oxygen atoms in total.